The fraction of sp³-hybridized carbons (Fsp3) is 0.500. The van der Waals surface area contributed by atoms with Crippen LogP contribution in [0.4, 0.5) is 4.79 Å². The van der Waals surface area contributed by atoms with Crippen molar-refractivity contribution >= 4 is 28.0 Å². The first-order valence-electron chi connectivity index (χ1n) is 6.77. The van der Waals surface area contributed by atoms with E-state index in [0.717, 1.165) is 0 Å². The van der Waals surface area contributed by atoms with Crippen molar-refractivity contribution < 1.29 is 22.1 Å². The van der Waals surface area contributed by atoms with Gasteiger partial charge in [0.15, 0.2) is 0 Å². The Balaban J connectivity index is 2.38. The minimum atomic E-state index is -4.18. The summed E-state index contributed by atoms with van der Waals surface area (Å²) in [5.41, 5.74) is -0.156. The third kappa shape index (κ3) is 3.91. The molecule has 1 fully saturated rings. The molecule has 1 aliphatic rings. The van der Waals surface area contributed by atoms with Gasteiger partial charge >= 0.3 is 16.4 Å². The summed E-state index contributed by atoms with van der Waals surface area (Å²) >= 11 is 5.84. The number of rotatable bonds is 1. The quantitative estimate of drug-likeness (QED) is 0.779. The van der Waals surface area contributed by atoms with Crippen LogP contribution < -0.4 is 0 Å². The summed E-state index contributed by atoms with van der Waals surface area (Å²) < 4.78 is 34.9. The van der Waals surface area contributed by atoms with E-state index in [1.807, 2.05) is 0 Å². The molecule has 0 spiro atoms. The Morgan fingerprint density at radius 1 is 1.32 bits per heavy atom. The maximum atomic E-state index is 12.3. The van der Waals surface area contributed by atoms with Crippen molar-refractivity contribution in [2.24, 2.45) is 0 Å². The van der Waals surface area contributed by atoms with Crippen molar-refractivity contribution in [2.75, 3.05) is 6.61 Å². The van der Waals surface area contributed by atoms with Crippen molar-refractivity contribution in [1.29, 1.82) is 0 Å². The standard InChI is InChI=1S/C14H18ClNO5S/c1-14(2,3)21-13(17)16-12(8-9-20-22(16,18)19)10-4-6-11(15)7-5-10/h4-7,12H,8-9H2,1-3H3/t12-/m0/s1. The molecule has 0 unspecified atom stereocenters. The first-order chi connectivity index (χ1) is 10.1. The molecule has 0 N–H and O–H groups in total. The molecule has 0 aromatic heterocycles. The van der Waals surface area contributed by atoms with Crippen LogP contribution >= 0.6 is 11.6 Å². The summed E-state index contributed by atoms with van der Waals surface area (Å²) in [6.45, 7) is 5.01. The van der Waals surface area contributed by atoms with Crippen molar-refractivity contribution in [3.8, 4) is 0 Å². The van der Waals surface area contributed by atoms with Gasteiger partial charge in [0.25, 0.3) is 0 Å². The van der Waals surface area contributed by atoms with E-state index in [1.165, 1.54) is 0 Å². The normalized spacial score (nSPS) is 21.5. The number of amides is 1. The molecular weight excluding hydrogens is 330 g/mol. The minimum absolute atomic E-state index is 0.00885. The van der Waals surface area contributed by atoms with E-state index in [1.54, 1.807) is 45.0 Å². The van der Waals surface area contributed by atoms with Gasteiger partial charge in [-0.2, -0.15) is 12.7 Å². The Hall–Kier alpha value is -1.31. The van der Waals surface area contributed by atoms with Gasteiger partial charge in [0.2, 0.25) is 0 Å². The number of carbonyl (C=O) groups is 1. The van der Waals surface area contributed by atoms with Gasteiger partial charge in [0.05, 0.1) is 12.6 Å². The zero-order valence-corrected chi connectivity index (χ0v) is 14.1. The van der Waals surface area contributed by atoms with Crippen molar-refractivity contribution in [2.45, 2.75) is 38.8 Å². The molecule has 1 aromatic carbocycles. The SMILES string of the molecule is CC(C)(C)OC(=O)N1[C@H](c2ccc(Cl)cc2)CCOS1(=O)=O. The Bertz CT molecular complexity index is 651. The van der Waals surface area contributed by atoms with Gasteiger partial charge in [-0.15, -0.1) is 0 Å². The van der Waals surface area contributed by atoms with Gasteiger partial charge in [-0.3, -0.25) is 4.18 Å². The average Bonchev–Trinajstić information content (AvgIpc) is 2.35. The monoisotopic (exact) mass is 347 g/mol. The summed E-state index contributed by atoms with van der Waals surface area (Å²) in [7, 11) is -4.18. The highest BCUT2D eigenvalue weighted by molar-refractivity contribution is 7.84. The van der Waals surface area contributed by atoms with E-state index >= 15 is 0 Å². The van der Waals surface area contributed by atoms with E-state index in [4.69, 9.17) is 20.5 Å². The largest absolute Gasteiger partial charge is 0.443 e. The molecule has 1 atom stereocenters. The molecule has 122 valence electrons. The summed E-state index contributed by atoms with van der Waals surface area (Å²) in [6, 6.07) is 5.99. The Kier molecular flexibility index (Phi) is 4.70. The van der Waals surface area contributed by atoms with Crippen LogP contribution in [-0.2, 0) is 19.2 Å². The lowest BCUT2D eigenvalue weighted by atomic mass is 10.0. The lowest BCUT2D eigenvalue weighted by molar-refractivity contribution is 0.0254. The van der Waals surface area contributed by atoms with Crippen LogP contribution in [0.5, 0.6) is 0 Å². The fourth-order valence-electron chi connectivity index (χ4n) is 2.11. The summed E-state index contributed by atoms with van der Waals surface area (Å²) in [4.78, 5) is 12.3. The number of ether oxygens (including phenoxy) is 1. The molecule has 1 amide bonds. The second-order valence-electron chi connectivity index (χ2n) is 5.91. The third-order valence-electron chi connectivity index (χ3n) is 2.98. The molecule has 0 bridgehead atoms. The maximum absolute atomic E-state index is 12.3. The molecular formula is C14H18ClNO5S. The molecule has 22 heavy (non-hydrogen) atoms. The van der Waals surface area contributed by atoms with Crippen LogP contribution in [0.1, 0.15) is 38.8 Å². The lowest BCUT2D eigenvalue weighted by Gasteiger charge is -2.35. The van der Waals surface area contributed by atoms with Crippen molar-refractivity contribution in [3.05, 3.63) is 34.9 Å². The summed E-state index contributed by atoms with van der Waals surface area (Å²) in [6.07, 6.45) is -0.604. The number of halogens is 1. The molecule has 1 aliphatic heterocycles. The van der Waals surface area contributed by atoms with Gasteiger partial charge in [-0.25, -0.2) is 4.79 Å². The fourth-order valence-corrected chi connectivity index (χ4v) is 3.41. The number of nitrogens with zero attached hydrogens (tertiary/aromatic N) is 1. The van der Waals surface area contributed by atoms with Crippen LogP contribution in [0.15, 0.2) is 24.3 Å². The average molecular weight is 348 g/mol. The molecule has 1 heterocycles. The smallest absolute Gasteiger partial charge is 0.426 e. The molecule has 0 aliphatic carbocycles. The molecule has 2 rings (SSSR count). The van der Waals surface area contributed by atoms with Gasteiger partial charge in [0.1, 0.15) is 5.60 Å². The topological polar surface area (TPSA) is 72.9 Å². The van der Waals surface area contributed by atoms with Crippen LogP contribution in [0, 0.1) is 0 Å². The second kappa shape index (κ2) is 6.06. The first kappa shape index (κ1) is 17.1. The van der Waals surface area contributed by atoms with E-state index in [2.05, 4.69) is 0 Å². The van der Waals surface area contributed by atoms with E-state index < -0.39 is 28.0 Å². The van der Waals surface area contributed by atoms with E-state index in [0.29, 0.717) is 21.3 Å². The molecule has 1 saturated heterocycles. The van der Waals surface area contributed by atoms with Crippen LogP contribution in [-0.4, -0.2) is 31.0 Å². The van der Waals surface area contributed by atoms with Gasteiger partial charge in [0, 0.05) is 5.02 Å². The molecule has 0 radical (unpaired) electrons. The third-order valence-corrected chi connectivity index (χ3v) is 4.58. The predicted molar refractivity (Wildman–Crippen MR) is 81.8 cm³/mol. The Labute approximate surface area is 135 Å². The number of carbonyl (C=O) groups excluding carboxylic acids is 1. The highest BCUT2D eigenvalue weighted by atomic mass is 35.5. The van der Waals surface area contributed by atoms with Gasteiger partial charge in [-0.1, -0.05) is 23.7 Å². The van der Waals surface area contributed by atoms with E-state index in [-0.39, 0.29) is 6.61 Å². The molecule has 1 aromatic rings. The highest BCUT2D eigenvalue weighted by Gasteiger charge is 2.42. The number of hydrogen-bond donors (Lipinski definition) is 0. The molecule has 6 nitrogen and oxygen atoms in total. The summed E-state index contributed by atoms with van der Waals surface area (Å²) in [5.74, 6) is 0. The van der Waals surface area contributed by atoms with Crippen molar-refractivity contribution in [1.82, 2.24) is 4.31 Å². The second-order valence-corrected chi connectivity index (χ2v) is 7.83. The molecule has 0 saturated carbocycles. The molecule has 8 heteroatoms. The van der Waals surface area contributed by atoms with E-state index in [9.17, 15) is 13.2 Å². The van der Waals surface area contributed by atoms with Gasteiger partial charge < -0.3 is 4.74 Å². The highest BCUT2D eigenvalue weighted by Crippen LogP contribution is 2.33. The Morgan fingerprint density at radius 2 is 1.91 bits per heavy atom. The zero-order valence-electron chi connectivity index (χ0n) is 12.6. The van der Waals surface area contributed by atoms with Crippen molar-refractivity contribution in [3.63, 3.8) is 0 Å². The number of benzene rings is 1. The van der Waals surface area contributed by atoms with Crippen LogP contribution in [0.25, 0.3) is 0 Å². The van der Waals surface area contributed by atoms with Gasteiger partial charge in [-0.05, 0) is 44.9 Å². The number of hydrogen-bond acceptors (Lipinski definition) is 5. The van der Waals surface area contributed by atoms with Crippen LogP contribution in [0.3, 0.4) is 0 Å². The first-order valence-corrected chi connectivity index (χ1v) is 8.52. The Morgan fingerprint density at radius 3 is 2.45 bits per heavy atom. The minimum Gasteiger partial charge on any atom is -0.443 e. The summed E-state index contributed by atoms with van der Waals surface area (Å²) in [5, 5.41) is 0.530. The zero-order chi connectivity index (χ0) is 16.5. The lowest BCUT2D eigenvalue weighted by Crippen LogP contribution is -2.46. The predicted octanol–water partition coefficient (Wildman–Crippen LogP) is 3.28. The maximum Gasteiger partial charge on any atom is 0.426 e. The van der Waals surface area contributed by atoms with Crippen LogP contribution in [0.2, 0.25) is 5.02 Å².